The Morgan fingerprint density at radius 2 is 2.11 bits per heavy atom. The highest BCUT2D eigenvalue weighted by atomic mass is 16.7. The Morgan fingerprint density at radius 3 is 2.78 bits per heavy atom. The van der Waals surface area contributed by atoms with Crippen LogP contribution in [0.3, 0.4) is 0 Å². The molecule has 2 rings (SSSR count). The molecule has 1 heterocycles. The van der Waals surface area contributed by atoms with Crippen LogP contribution in [0.2, 0.25) is 0 Å². The van der Waals surface area contributed by atoms with Gasteiger partial charge in [-0.05, 0) is 24.8 Å². The van der Waals surface area contributed by atoms with Gasteiger partial charge in [-0.2, -0.15) is 0 Å². The summed E-state index contributed by atoms with van der Waals surface area (Å²) in [6, 6.07) is 9.14. The Labute approximate surface area is 108 Å². The van der Waals surface area contributed by atoms with E-state index in [1.165, 1.54) is 0 Å². The molecule has 18 heavy (non-hydrogen) atoms. The first kappa shape index (κ1) is 13.5. The summed E-state index contributed by atoms with van der Waals surface area (Å²) in [4.78, 5) is 0. The molecule has 4 nitrogen and oxygen atoms in total. The third-order valence-corrected chi connectivity index (χ3v) is 3.19. The molecule has 0 radical (unpaired) electrons. The minimum absolute atomic E-state index is 0.184. The van der Waals surface area contributed by atoms with Crippen LogP contribution in [0.15, 0.2) is 30.3 Å². The molecule has 0 aliphatic carbocycles. The van der Waals surface area contributed by atoms with Crippen molar-refractivity contribution in [3.63, 3.8) is 0 Å². The fourth-order valence-electron chi connectivity index (χ4n) is 2.05. The molecular formula is C14H21NO3. The lowest BCUT2D eigenvalue weighted by Crippen LogP contribution is -2.33. The number of hydrogen-bond acceptors (Lipinski definition) is 4. The lowest BCUT2D eigenvalue weighted by Gasteiger charge is -2.25. The van der Waals surface area contributed by atoms with E-state index in [1.807, 2.05) is 30.3 Å². The van der Waals surface area contributed by atoms with E-state index in [4.69, 9.17) is 15.2 Å². The summed E-state index contributed by atoms with van der Waals surface area (Å²) in [5.74, 6) is 0. The van der Waals surface area contributed by atoms with Crippen molar-refractivity contribution in [1.82, 2.24) is 0 Å². The number of rotatable bonds is 5. The molecule has 3 unspecified atom stereocenters. The molecule has 1 aromatic carbocycles. The fraction of sp³-hybridized carbons (Fsp3) is 0.571. The van der Waals surface area contributed by atoms with Gasteiger partial charge in [0.2, 0.25) is 0 Å². The average Bonchev–Trinajstić information content (AvgIpc) is 2.46. The van der Waals surface area contributed by atoms with Gasteiger partial charge in [0.05, 0.1) is 18.8 Å². The van der Waals surface area contributed by atoms with Crippen molar-refractivity contribution in [2.45, 2.75) is 37.7 Å². The van der Waals surface area contributed by atoms with Crippen LogP contribution in [0.1, 0.15) is 30.9 Å². The first-order valence-electron chi connectivity index (χ1n) is 6.49. The van der Waals surface area contributed by atoms with Crippen molar-refractivity contribution in [1.29, 1.82) is 0 Å². The molecule has 1 aliphatic rings. The molecule has 100 valence electrons. The molecule has 0 spiro atoms. The predicted octanol–water partition coefficient (Wildman–Crippen LogP) is 1.59. The first-order chi connectivity index (χ1) is 8.77. The van der Waals surface area contributed by atoms with Crippen LogP contribution in [0.4, 0.5) is 0 Å². The summed E-state index contributed by atoms with van der Waals surface area (Å²) in [6.07, 6.45) is 2.21. The maximum absolute atomic E-state index is 10.00. The molecule has 3 N–H and O–H groups in total. The standard InChI is InChI=1S/C14H21NO3/c15-14(11-6-2-1-3-7-11)12(16)10-18-13-8-4-5-9-17-13/h1-3,6-7,12-14,16H,4-5,8-10,15H2. The van der Waals surface area contributed by atoms with Crippen LogP contribution >= 0.6 is 0 Å². The number of ether oxygens (including phenoxy) is 2. The SMILES string of the molecule is NC(c1ccccc1)C(O)COC1CCCCO1. The van der Waals surface area contributed by atoms with E-state index in [0.29, 0.717) is 0 Å². The summed E-state index contributed by atoms with van der Waals surface area (Å²) >= 11 is 0. The van der Waals surface area contributed by atoms with Gasteiger partial charge in [-0.25, -0.2) is 0 Å². The maximum Gasteiger partial charge on any atom is 0.157 e. The normalized spacial score (nSPS) is 23.6. The van der Waals surface area contributed by atoms with Gasteiger partial charge in [-0.15, -0.1) is 0 Å². The number of nitrogens with two attached hydrogens (primary N) is 1. The summed E-state index contributed by atoms with van der Waals surface area (Å²) in [5, 5.41) is 10.00. The van der Waals surface area contributed by atoms with E-state index in [-0.39, 0.29) is 12.9 Å². The summed E-state index contributed by atoms with van der Waals surface area (Å²) in [5.41, 5.74) is 6.90. The van der Waals surface area contributed by atoms with Crippen molar-refractivity contribution in [2.24, 2.45) is 5.73 Å². The zero-order valence-electron chi connectivity index (χ0n) is 10.5. The van der Waals surface area contributed by atoms with Gasteiger partial charge in [0.1, 0.15) is 0 Å². The highest BCUT2D eigenvalue weighted by molar-refractivity contribution is 5.19. The van der Waals surface area contributed by atoms with Gasteiger partial charge >= 0.3 is 0 Å². The second kappa shape index (κ2) is 6.85. The lowest BCUT2D eigenvalue weighted by atomic mass is 10.0. The molecule has 0 amide bonds. The molecular weight excluding hydrogens is 230 g/mol. The topological polar surface area (TPSA) is 64.7 Å². The number of hydrogen-bond donors (Lipinski definition) is 2. The van der Waals surface area contributed by atoms with Gasteiger partial charge in [0.15, 0.2) is 6.29 Å². The Morgan fingerprint density at radius 1 is 1.33 bits per heavy atom. The van der Waals surface area contributed by atoms with Crippen LogP contribution in [0, 0.1) is 0 Å². The van der Waals surface area contributed by atoms with Crippen molar-refractivity contribution >= 4 is 0 Å². The number of aliphatic hydroxyl groups is 1. The number of benzene rings is 1. The predicted molar refractivity (Wildman–Crippen MR) is 68.9 cm³/mol. The second-order valence-electron chi connectivity index (χ2n) is 4.63. The third-order valence-electron chi connectivity index (χ3n) is 3.19. The Hall–Kier alpha value is -0.940. The van der Waals surface area contributed by atoms with Gasteiger partial charge < -0.3 is 20.3 Å². The largest absolute Gasteiger partial charge is 0.389 e. The van der Waals surface area contributed by atoms with Crippen LogP contribution < -0.4 is 5.73 Å². The Bertz CT molecular complexity index is 338. The first-order valence-corrected chi connectivity index (χ1v) is 6.49. The van der Waals surface area contributed by atoms with Gasteiger partial charge in [0.25, 0.3) is 0 Å². The molecule has 0 bridgehead atoms. The van der Waals surface area contributed by atoms with E-state index >= 15 is 0 Å². The van der Waals surface area contributed by atoms with E-state index in [9.17, 15) is 5.11 Å². The highest BCUT2D eigenvalue weighted by Crippen LogP contribution is 2.17. The average molecular weight is 251 g/mol. The monoisotopic (exact) mass is 251 g/mol. The van der Waals surface area contributed by atoms with Crippen molar-refractivity contribution in [3.05, 3.63) is 35.9 Å². The lowest BCUT2D eigenvalue weighted by molar-refractivity contribution is -0.176. The van der Waals surface area contributed by atoms with Crippen LogP contribution in [0.5, 0.6) is 0 Å². The number of aliphatic hydroxyl groups excluding tert-OH is 1. The Kier molecular flexibility index (Phi) is 5.13. The Balaban J connectivity index is 1.78. The zero-order chi connectivity index (χ0) is 12.8. The third kappa shape index (κ3) is 3.78. The maximum atomic E-state index is 10.00. The fourth-order valence-corrected chi connectivity index (χ4v) is 2.05. The van der Waals surface area contributed by atoms with Gasteiger partial charge in [-0.3, -0.25) is 0 Å². The zero-order valence-corrected chi connectivity index (χ0v) is 10.5. The van der Waals surface area contributed by atoms with Gasteiger partial charge in [-0.1, -0.05) is 30.3 Å². The van der Waals surface area contributed by atoms with Crippen molar-refractivity contribution in [3.8, 4) is 0 Å². The summed E-state index contributed by atoms with van der Waals surface area (Å²) < 4.78 is 11.0. The van der Waals surface area contributed by atoms with E-state index in [0.717, 1.165) is 31.4 Å². The highest BCUT2D eigenvalue weighted by Gasteiger charge is 2.20. The van der Waals surface area contributed by atoms with E-state index in [1.54, 1.807) is 0 Å². The summed E-state index contributed by atoms with van der Waals surface area (Å²) in [6.45, 7) is 0.951. The second-order valence-corrected chi connectivity index (χ2v) is 4.63. The molecule has 1 aromatic rings. The molecule has 0 aromatic heterocycles. The van der Waals surface area contributed by atoms with Crippen molar-refractivity contribution < 1.29 is 14.6 Å². The molecule has 3 atom stereocenters. The van der Waals surface area contributed by atoms with E-state index in [2.05, 4.69) is 0 Å². The molecule has 1 aliphatic heterocycles. The van der Waals surface area contributed by atoms with Crippen molar-refractivity contribution in [2.75, 3.05) is 13.2 Å². The molecule has 0 saturated carbocycles. The quantitative estimate of drug-likeness (QED) is 0.834. The minimum atomic E-state index is -0.710. The van der Waals surface area contributed by atoms with Crippen LogP contribution in [-0.4, -0.2) is 30.7 Å². The minimum Gasteiger partial charge on any atom is -0.389 e. The molecule has 1 saturated heterocycles. The van der Waals surface area contributed by atoms with Crippen LogP contribution in [0.25, 0.3) is 0 Å². The summed E-state index contributed by atoms with van der Waals surface area (Å²) in [7, 11) is 0. The molecule has 4 heteroatoms. The smallest absolute Gasteiger partial charge is 0.157 e. The van der Waals surface area contributed by atoms with E-state index < -0.39 is 12.1 Å². The van der Waals surface area contributed by atoms with Gasteiger partial charge in [0, 0.05) is 6.61 Å². The molecule has 1 fully saturated rings. The van der Waals surface area contributed by atoms with Crippen LogP contribution in [-0.2, 0) is 9.47 Å².